The third-order valence-corrected chi connectivity index (χ3v) is 5.05. The molecule has 4 nitrogen and oxygen atoms in total. The van der Waals surface area contributed by atoms with Gasteiger partial charge in [-0.05, 0) is 39.8 Å². The van der Waals surface area contributed by atoms with E-state index in [0.717, 1.165) is 13.0 Å². The average Bonchev–Trinajstić information content (AvgIpc) is 2.89. The van der Waals surface area contributed by atoms with E-state index in [1.165, 1.54) is 10.6 Å². The van der Waals surface area contributed by atoms with E-state index in [9.17, 15) is 26.7 Å². The first-order chi connectivity index (χ1) is 12.3. The molecule has 148 valence electrons. The Balaban J connectivity index is 1.91. The fourth-order valence-electron chi connectivity index (χ4n) is 3.37. The molecule has 0 saturated heterocycles. The average molecular weight is 389 g/mol. The van der Waals surface area contributed by atoms with Crippen LogP contribution in [0, 0.1) is 17.6 Å². The summed E-state index contributed by atoms with van der Waals surface area (Å²) < 4.78 is 69.9. The number of benzene rings is 1. The first kappa shape index (κ1) is 19.6. The van der Waals surface area contributed by atoms with Crippen LogP contribution in [0.15, 0.2) is 12.1 Å². The third kappa shape index (κ3) is 3.06. The lowest BCUT2D eigenvalue weighted by atomic mass is 9.67. The van der Waals surface area contributed by atoms with Gasteiger partial charge < -0.3 is 4.57 Å². The second-order valence-corrected chi connectivity index (χ2v) is 8.10. The number of hydrogen-bond acceptors (Lipinski definition) is 2. The van der Waals surface area contributed by atoms with Gasteiger partial charge in [0.1, 0.15) is 5.52 Å². The highest BCUT2D eigenvalue weighted by molar-refractivity contribution is 5.92. The van der Waals surface area contributed by atoms with Crippen LogP contribution in [-0.2, 0) is 10.3 Å². The van der Waals surface area contributed by atoms with Crippen molar-refractivity contribution in [1.29, 1.82) is 0 Å². The Morgan fingerprint density at radius 2 is 1.93 bits per heavy atom. The van der Waals surface area contributed by atoms with Crippen LogP contribution in [-0.4, -0.2) is 27.0 Å². The Morgan fingerprint density at radius 1 is 1.30 bits per heavy atom. The van der Waals surface area contributed by atoms with Gasteiger partial charge in [0.2, 0.25) is 11.9 Å². The summed E-state index contributed by atoms with van der Waals surface area (Å²) >= 11 is 0. The zero-order chi connectivity index (χ0) is 20.4. The molecule has 1 amide bonds. The van der Waals surface area contributed by atoms with Gasteiger partial charge in [0.15, 0.2) is 17.3 Å². The van der Waals surface area contributed by atoms with Crippen LogP contribution in [0.4, 0.5) is 27.9 Å². The van der Waals surface area contributed by atoms with Crippen LogP contribution in [0.2, 0.25) is 0 Å². The molecule has 1 heterocycles. The van der Waals surface area contributed by atoms with Crippen molar-refractivity contribution in [3.8, 4) is 0 Å². The number of carbonyl (C=O) groups is 1. The summed E-state index contributed by atoms with van der Waals surface area (Å²) in [7, 11) is 0. The van der Waals surface area contributed by atoms with Gasteiger partial charge in [0.05, 0.1) is 5.52 Å². The van der Waals surface area contributed by atoms with E-state index in [1.54, 1.807) is 20.8 Å². The molecule has 2 atom stereocenters. The van der Waals surface area contributed by atoms with Crippen molar-refractivity contribution in [2.45, 2.75) is 57.7 Å². The normalized spacial score (nSPS) is 24.7. The largest absolute Gasteiger partial charge is 0.302 e. The highest BCUT2D eigenvalue weighted by Gasteiger charge is 2.66. The molecule has 1 N–H and O–H groups in total. The van der Waals surface area contributed by atoms with Gasteiger partial charge in [0, 0.05) is 24.3 Å². The van der Waals surface area contributed by atoms with E-state index >= 15 is 0 Å². The number of imidazole rings is 1. The lowest BCUT2D eigenvalue weighted by Crippen LogP contribution is -2.60. The summed E-state index contributed by atoms with van der Waals surface area (Å²) in [6, 6.07) is 2.20. The monoisotopic (exact) mass is 389 g/mol. The number of nitrogens with one attached hydrogen (secondary N) is 1. The lowest BCUT2D eigenvalue weighted by molar-refractivity contribution is -0.242. The highest BCUT2D eigenvalue weighted by Crippen LogP contribution is 2.55. The minimum absolute atomic E-state index is 0.0568. The smallest absolute Gasteiger partial charge is 0.281 e. The standard InChI is InChI=1S/C18H20F5N3O/c1-16(2,3)26-14-11(6-5-10(19)13(14)20)24-15(26)25-12(27)7-9-8-18(22,23)17(9,4)21/h5-6,9H,7-8H2,1-4H3,(H,24,25,27). The SMILES string of the molecule is CC(C)(C)n1c(NC(=O)CC2CC(F)(F)C2(C)F)nc2ccc(F)c(F)c21. The third-order valence-electron chi connectivity index (χ3n) is 5.05. The Labute approximate surface area is 152 Å². The van der Waals surface area contributed by atoms with Crippen LogP contribution in [0.25, 0.3) is 11.0 Å². The molecule has 27 heavy (non-hydrogen) atoms. The Bertz CT molecular complexity index is 914. The van der Waals surface area contributed by atoms with Crippen molar-refractivity contribution in [1.82, 2.24) is 9.55 Å². The van der Waals surface area contributed by atoms with E-state index < -0.39 is 53.4 Å². The Morgan fingerprint density at radius 3 is 2.44 bits per heavy atom. The quantitative estimate of drug-likeness (QED) is 0.768. The molecule has 1 fully saturated rings. The molecule has 1 aromatic heterocycles. The van der Waals surface area contributed by atoms with Gasteiger partial charge in [-0.25, -0.2) is 26.9 Å². The number of fused-ring (bicyclic) bond motifs is 1. The molecular weight excluding hydrogens is 369 g/mol. The van der Waals surface area contributed by atoms with Crippen molar-refractivity contribution < 1.29 is 26.7 Å². The number of nitrogens with zero attached hydrogens (tertiary/aromatic N) is 2. The second kappa shape index (κ2) is 5.90. The van der Waals surface area contributed by atoms with Gasteiger partial charge in [-0.15, -0.1) is 0 Å². The molecule has 0 aliphatic heterocycles. The van der Waals surface area contributed by atoms with E-state index in [0.29, 0.717) is 0 Å². The van der Waals surface area contributed by atoms with Crippen LogP contribution < -0.4 is 5.32 Å². The number of amides is 1. The van der Waals surface area contributed by atoms with E-state index in [1.807, 2.05) is 0 Å². The molecule has 1 saturated carbocycles. The molecular formula is C18H20F5N3O. The van der Waals surface area contributed by atoms with E-state index in [4.69, 9.17) is 0 Å². The molecule has 2 aromatic rings. The summed E-state index contributed by atoms with van der Waals surface area (Å²) in [6.45, 7) is 5.90. The molecule has 2 unspecified atom stereocenters. The van der Waals surface area contributed by atoms with Crippen LogP contribution in [0.5, 0.6) is 0 Å². The summed E-state index contributed by atoms with van der Waals surface area (Å²) in [5, 5.41) is 2.43. The van der Waals surface area contributed by atoms with Gasteiger partial charge in [-0.3, -0.25) is 10.1 Å². The first-order valence-electron chi connectivity index (χ1n) is 8.49. The Hall–Kier alpha value is -2.19. The van der Waals surface area contributed by atoms with Gasteiger partial charge >= 0.3 is 0 Å². The molecule has 0 spiro atoms. The van der Waals surface area contributed by atoms with Crippen molar-refractivity contribution in [3.63, 3.8) is 0 Å². The van der Waals surface area contributed by atoms with E-state index in [-0.39, 0.29) is 17.0 Å². The molecule has 9 heteroatoms. The maximum Gasteiger partial charge on any atom is 0.281 e. The fourth-order valence-corrected chi connectivity index (χ4v) is 3.37. The topological polar surface area (TPSA) is 46.9 Å². The van der Waals surface area contributed by atoms with Crippen molar-refractivity contribution in [2.24, 2.45) is 5.92 Å². The number of anilines is 1. The molecule has 1 aliphatic carbocycles. The van der Waals surface area contributed by atoms with Gasteiger partial charge in [-0.2, -0.15) is 0 Å². The maximum absolute atomic E-state index is 14.3. The predicted octanol–water partition coefficient (Wildman–Crippen LogP) is 4.78. The van der Waals surface area contributed by atoms with Crippen LogP contribution in [0.1, 0.15) is 40.5 Å². The molecule has 3 rings (SSSR count). The number of halogens is 5. The van der Waals surface area contributed by atoms with Gasteiger partial charge in [-0.1, -0.05) is 0 Å². The zero-order valence-electron chi connectivity index (χ0n) is 15.3. The van der Waals surface area contributed by atoms with Crippen molar-refractivity contribution in [3.05, 3.63) is 23.8 Å². The molecule has 1 aliphatic rings. The summed E-state index contributed by atoms with van der Waals surface area (Å²) in [5.41, 5.74) is -3.53. The predicted molar refractivity (Wildman–Crippen MR) is 90.5 cm³/mol. The number of alkyl halides is 3. The number of rotatable bonds is 3. The summed E-state index contributed by atoms with van der Waals surface area (Å²) in [4.78, 5) is 16.4. The lowest BCUT2D eigenvalue weighted by Gasteiger charge is -2.47. The highest BCUT2D eigenvalue weighted by atomic mass is 19.3. The zero-order valence-corrected chi connectivity index (χ0v) is 15.3. The Kier molecular flexibility index (Phi) is 4.28. The van der Waals surface area contributed by atoms with Crippen molar-refractivity contribution >= 4 is 22.9 Å². The fraction of sp³-hybridized carbons (Fsp3) is 0.556. The number of carbonyl (C=O) groups excluding carboxylic acids is 1. The number of hydrogen-bond donors (Lipinski definition) is 1. The summed E-state index contributed by atoms with van der Waals surface area (Å²) in [5.74, 6) is -7.54. The molecule has 1 aromatic carbocycles. The minimum atomic E-state index is -3.46. The first-order valence-corrected chi connectivity index (χ1v) is 8.49. The molecule has 0 radical (unpaired) electrons. The van der Waals surface area contributed by atoms with E-state index in [2.05, 4.69) is 10.3 Å². The maximum atomic E-state index is 14.3. The summed E-state index contributed by atoms with van der Waals surface area (Å²) in [6.07, 6.45) is -1.18. The molecule has 0 bridgehead atoms. The van der Waals surface area contributed by atoms with Gasteiger partial charge in [0.25, 0.3) is 5.92 Å². The second-order valence-electron chi connectivity index (χ2n) is 8.10. The minimum Gasteiger partial charge on any atom is -0.302 e. The number of aromatic nitrogens is 2. The van der Waals surface area contributed by atoms with Crippen molar-refractivity contribution in [2.75, 3.05) is 5.32 Å². The van der Waals surface area contributed by atoms with Crippen LogP contribution >= 0.6 is 0 Å². The van der Waals surface area contributed by atoms with Crippen LogP contribution in [0.3, 0.4) is 0 Å².